The van der Waals surface area contributed by atoms with E-state index in [0.29, 0.717) is 17.9 Å². The minimum Gasteiger partial charge on any atom is -0.510 e. The van der Waals surface area contributed by atoms with Crippen molar-refractivity contribution >= 4 is 17.1 Å². The van der Waals surface area contributed by atoms with Gasteiger partial charge >= 0.3 is 0 Å². The van der Waals surface area contributed by atoms with E-state index in [-0.39, 0.29) is 19.5 Å². The van der Waals surface area contributed by atoms with E-state index in [1.807, 2.05) is 60.8 Å². The zero-order valence-corrected chi connectivity index (χ0v) is 16.9. The van der Waals surface area contributed by atoms with Crippen LogP contribution < -0.4 is 5.32 Å². The molecule has 0 aromatic heterocycles. The molecular weight excluding hydrogens is 378 g/mol. The van der Waals surface area contributed by atoms with Gasteiger partial charge in [-0.2, -0.15) is 0 Å². The van der Waals surface area contributed by atoms with E-state index in [1.54, 1.807) is 0 Å². The number of aliphatic hydroxyl groups is 1. The maximum Gasteiger partial charge on any atom is 0.122 e. The van der Waals surface area contributed by atoms with E-state index in [4.69, 9.17) is 0 Å². The smallest absolute Gasteiger partial charge is 0.122 e. The molecule has 5 nitrogen and oxygen atoms in total. The first-order valence-corrected chi connectivity index (χ1v) is 8.06. The van der Waals surface area contributed by atoms with Crippen LogP contribution in [0.4, 0.5) is 0 Å². The minimum absolute atomic E-state index is 0. The van der Waals surface area contributed by atoms with Gasteiger partial charge in [0.15, 0.2) is 0 Å². The van der Waals surface area contributed by atoms with Crippen molar-refractivity contribution in [2.24, 2.45) is 15.0 Å². The molecule has 0 aromatic rings. The topological polar surface area (TPSA) is 69.3 Å². The van der Waals surface area contributed by atoms with Crippen LogP contribution in [0.1, 0.15) is 6.42 Å². The first kappa shape index (κ1) is 16.6. The van der Waals surface area contributed by atoms with Gasteiger partial charge in [-0.05, 0) is 60.8 Å². The Morgan fingerprint density at radius 2 is 1.19 bits per heavy atom. The molecule has 0 spiro atoms. The Balaban J connectivity index is 0.00000168. The van der Waals surface area contributed by atoms with Gasteiger partial charge < -0.3 is 10.4 Å². The second-order valence-corrected chi connectivity index (χ2v) is 6.15. The minimum atomic E-state index is 0. The van der Waals surface area contributed by atoms with Gasteiger partial charge in [-0.25, -0.2) is 15.0 Å². The van der Waals surface area contributed by atoms with Crippen molar-refractivity contribution in [3.05, 3.63) is 95.0 Å². The number of aliphatic hydroxyl groups excluding tert-OH is 1. The van der Waals surface area contributed by atoms with Gasteiger partial charge in [-0.1, -0.05) is 0 Å². The number of fused-ring (bicyclic) bond motifs is 5. The number of rotatable bonds is 0. The Morgan fingerprint density at radius 1 is 0.692 bits per heavy atom. The van der Waals surface area contributed by atoms with E-state index >= 15 is 0 Å². The SMILES string of the molecule is OC1=C2C=C3C=CC(=N3)C=C3C=CC(=N3)C=C3C=CC(=N3)C=C(C1)N2.[Zn]. The molecule has 0 unspecified atom stereocenters. The quantitative estimate of drug-likeness (QED) is 0.622. The first-order chi connectivity index (χ1) is 12.2. The van der Waals surface area contributed by atoms with Crippen LogP contribution in [0.3, 0.4) is 0 Å². The molecule has 5 aliphatic rings. The summed E-state index contributed by atoms with van der Waals surface area (Å²) in [5.41, 5.74) is 6.66. The fourth-order valence-electron chi connectivity index (χ4n) is 3.07. The number of nitrogens with zero attached hydrogens (tertiary/aromatic N) is 3. The standard InChI is InChI=1S/C20H14N4O.Zn/c25-20-11-18-9-16-4-3-14(22-16)7-12-1-2-13(21-12)8-15-5-6-17(23-15)10-19(20)24-18;/h1-10,24-25H,11H2;. The number of allylic oxidation sites excluding steroid dienone is 10. The number of nitrogens with one attached hydrogen (secondary N) is 1. The molecule has 0 saturated carbocycles. The summed E-state index contributed by atoms with van der Waals surface area (Å²) in [4.78, 5) is 13.7. The largest absolute Gasteiger partial charge is 0.510 e. The summed E-state index contributed by atoms with van der Waals surface area (Å²) in [6, 6.07) is 0. The van der Waals surface area contributed by atoms with Crippen molar-refractivity contribution < 1.29 is 24.6 Å². The monoisotopic (exact) mass is 390 g/mol. The van der Waals surface area contributed by atoms with Gasteiger partial charge in [0, 0.05) is 31.6 Å². The molecule has 0 aromatic carbocycles. The van der Waals surface area contributed by atoms with Gasteiger partial charge in [0.2, 0.25) is 0 Å². The predicted molar refractivity (Wildman–Crippen MR) is 99.5 cm³/mol. The molecule has 26 heavy (non-hydrogen) atoms. The fraction of sp³-hybridized carbons (Fsp3) is 0.0500. The zero-order chi connectivity index (χ0) is 16.8. The Bertz CT molecular complexity index is 1040. The van der Waals surface area contributed by atoms with Crippen LogP contribution in [0.15, 0.2) is 110 Å². The molecule has 0 atom stereocenters. The Kier molecular flexibility index (Phi) is 4.13. The van der Waals surface area contributed by atoms with Crippen LogP contribution in [0.2, 0.25) is 0 Å². The van der Waals surface area contributed by atoms with Crippen molar-refractivity contribution in [3.8, 4) is 0 Å². The molecule has 5 aliphatic heterocycles. The van der Waals surface area contributed by atoms with Gasteiger partial charge in [0.05, 0.1) is 39.9 Å². The molecular formula is C20H14N4OZn. The van der Waals surface area contributed by atoms with Gasteiger partial charge in [-0.3, -0.25) is 0 Å². The maximum atomic E-state index is 10.2. The van der Waals surface area contributed by atoms with Crippen molar-refractivity contribution in [1.29, 1.82) is 0 Å². The summed E-state index contributed by atoms with van der Waals surface area (Å²) in [5, 5.41) is 13.5. The van der Waals surface area contributed by atoms with E-state index in [9.17, 15) is 5.11 Å². The molecule has 0 fully saturated rings. The molecule has 5 heterocycles. The Morgan fingerprint density at radius 3 is 1.77 bits per heavy atom. The first-order valence-electron chi connectivity index (χ1n) is 8.06. The number of hydrogen-bond acceptors (Lipinski definition) is 5. The van der Waals surface area contributed by atoms with Gasteiger partial charge in [0.1, 0.15) is 5.76 Å². The van der Waals surface area contributed by atoms with Crippen LogP contribution >= 0.6 is 0 Å². The van der Waals surface area contributed by atoms with E-state index < -0.39 is 0 Å². The molecule has 122 valence electrons. The molecule has 2 N–H and O–H groups in total. The van der Waals surface area contributed by atoms with Gasteiger partial charge in [-0.15, -0.1) is 0 Å². The summed E-state index contributed by atoms with van der Waals surface area (Å²) >= 11 is 0. The molecule has 0 amide bonds. The molecule has 5 rings (SSSR count). The number of hydrogen-bond donors (Lipinski definition) is 2. The summed E-state index contributed by atoms with van der Waals surface area (Å²) in [6.07, 6.45) is 19.9. The molecule has 0 saturated heterocycles. The average molecular weight is 392 g/mol. The molecule has 0 radical (unpaired) electrons. The third-order valence-corrected chi connectivity index (χ3v) is 4.22. The summed E-state index contributed by atoms with van der Waals surface area (Å²) < 4.78 is 0. The van der Waals surface area contributed by atoms with Crippen molar-refractivity contribution in [2.45, 2.75) is 6.42 Å². The zero-order valence-electron chi connectivity index (χ0n) is 14.0. The summed E-state index contributed by atoms with van der Waals surface area (Å²) in [7, 11) is 0. The van der Waals surface area contributed by atoms with Crippen molar-refractivity contribution in [1.82, 2.24) is 5.32 Å². The molecule has 8 bridgehead atoms. The Hall–Kier alpha value is -2.85. The van der Waals surface area contributed by atoms with Crippen molar-refractivity contribution in [3.63, 3.8) is 0 Å². The average Bonchev–Trinajstić information content (AvgIpc) is 3.33. The Labute approximate surface area is 163 Å². The number of aliphatic imine (C=N–C) groups is 3. The van der Waals surface area contributed by atoms with Crippen LogP contribution in [0.25, 0.3) is 0 Å². The van der Waals surface area contributed by atoms with E-state index in [0.717, 1.165) is 39.9 Å². The predicted octanol–water partition coefficient (Wildman–Crippen LogP) is 3.33. The van der Waals surface area contributed by atoms with Crippen LogP contribution in [-0.4, -0.2) is 22.2 Å². The summed E-state index contributed by atoms with van der Waals surface area (Å²) in [5.74, 6) is 0.310. The molecule has 6 heteroatoms. The molecule has 0 aliphatic carbocycles. The van der Waals surface area contributed by atoms with Crippen LogP contribution in [-0.2, 0) is 19.5 Å². The van der Waals surface area contributed by atoms with E-state index in [2.05, 4.69) is 20.3 Å². The fourth-order valence-corrected chi connectivity index (χ4v) is 3.07. The third-order valence-electron chi connectivity index (χ3n) is 4.22. The van der Waals surface area contributed by atoms with E-state index in [1.165, 1.54) is 0 Å². The van der Waals surface area contributed by atoms with Gasteiger partial charge in [0.25, 0.3) is 0 Å². The normalized spacial score (nSPS) is 22.1. The second-order valence-electron chi connectivity index (χ2n) is 6.15. The van der Waals surface area contributed by atoms with Crippen molar-refractivity contribution in [2.75, 3.05) is 0 Å². The van der Waals surface area contributed by atoms with Crippen LogP contribution in [0.5, 0.6) is 0 Å². The maximum absolute atomic E-state index is 10.2. The summed E-state index contributed by atoms with van der Waals surface area (Å²) in [6.45, 7) is 0. The third kappa shape index (κ3) is 3.16. The second kappa shape index (κ2) is 6.47. The van der Waals surface area contributed by atoms with Crippen LogP contribution in [0, 0.1) is 0 Å².